The van der Waals surface area contributed by atoms with Crippen molar-refractivity contribution in [3.8, 4) is 0 Å². The van der Waals surface area contributed by atoms with Crippen LogP contribution in [0.4, 0.5) is 0 Å². The van der Waals surface area contributed by atoms with E-state index in [2.05, 4.69) is 54.0 Å². The monoisotopic (exact) mass is 576 g/mol. The Labute approximate surface area is 255 Å². The Balaban J connectivity index is 1.46. The Bertz CT molecular complexity index is 1370. The molecule has 6 rings (SSSR count). The molecule has 3 aliphatic rings. The van der Waals surface area contributed by atoms with E-state index in [-0.39, 0.29) is 23.8 Å². The third kappa shape index (κ3) is 6.04. The lowest BCUT2D eigenvalue weighted by atomic mass is 9.47. The molecule has 1 saturated heterocycles. The normalized spacial score (nSPS) is 28.1. The van der Waals surface area contributed by atoms with Crippen LogP contribution < -0.4 is 10.6 Å². The molecule has 5 nitrogen and oxygen atoms in total. The standard InChI is InChI=1S/C38H44N2O3/c1-28(32-20-12-5-13-21-32)39-33(41)36(22-29-14-6-2-7-15-29)25-37(23-30-16-8-3-9-17-30)27-38(26-36,35(43)40-34(37)42)24-31-18-10-4-11-19-31/h2-4,6-11,14-19,28,32H,5,12-13,20-27H2,1H3,(H,39,41)(H,40,42,43)/t28-,36?,37?,38?/m1/s1. The zero-order valence-electron chi connectivity index (χ0n) is 25.3. The number of fused-ring (bicyclic) bond motifs is 2. The first-order valence-corrected chi connectivity index (χ1v) is 16.1. The smallest absolute Gasteiger partial charge is 0.233 e. The summed E-state index contributed by atoms with van der Waals surface area (Å²) in [6.07, 6.45) is 8.65. The molecule has 2 N–H and O–H groups in total. The molecule has 0 radical (unpaired) electrons. The molecular weight excluding hydrogens is 532 g/mol. The van der Waals surface area contributed by atoms with E-state index in [0.29, 0.717) is 44.4 Å². The molecule has 1 aliphatic heterocycles. The molecule has 2 saturated carbocycles. The van der Waals surface area contributed by atoms with Crippen molar-refractivity contribution in [2.45, 2.75) is 83.6 Å². The fourth-order valence-corrected chi connectivity index (χ4v) is 8.67. The van der Waals surface area contributed by atoms with Crippen molar-refractivity contribution in [3.63, 3.8) is 0 Å². The van der Waals surface area contributed by atoms with Crippen LogP contribution in [0.2, 0.25) is 0 Å². The minimum Gasteiger partial charge on any atom is -0.353 e. The first-order valence-electron chi connectivity index (χ1n) is 16.1. The summed E-state index contributed by atoms with van der Waals surface area (Å²) in [5.41, 5.74) is 0.463. The molecule has 2 unspecified atom stereocenters. The molecule has 3 fully saturated rings. The molecule has 3 aromatic carbocycles. The summed E-state index contributed by atoms with van der Waals surface area (Å²) in [4.78, 5) is 43.1. The molecule has 43 heavy (non-hydrogen) atoms. The minimum atomic E-state index is -0.917. The number of carbonyl (C=O) groups is 3. The Morgan fingerprint density at radius 3 is 1.60 bits per heavy atom. The number of rotatable bonds is 9. The van der Waals surface area contributed by atoms with E-state index in [9.17, 15) is 14.4 Å². The summed E-state index contributed by atoms with van der Waals surface area (Å²) in [6.45, 7) is 2.14. The Hall–Kier alpha value is -3.73. The van der Waals surface area contributed by atoms with Crippen LogP contribution in [-0.2, 0) is 33.6 Å². The van der Waals surface area contributed by atoms with Gasteiger partial charge in [-0.1, -0.05) is 110 Å². The van der Waals surface area contributed by atoms with Crippen LogP contribution in [0.1, 0.15) is 75.0 Å². The van der Waals surface area contributed by atoms with Gasteiger partial charge in [0.1, 0.15) is 0 Å². The molecule has 2 aliphatic carbocycles. The molecule has 3 aromatic rings. The van der Waals surface area contributed by atoms with Crippen LogP contribution in [-0.4, -0.2) is 23.8 Å². The number of hydrogen-bond acceptors (Lipinski definition) is 3. The topological polar surface area (TPSA) is 75.3 Å². The zero-order valence-corrected chi connectivity index (χ0v) is 25.3. The predicted molar refractivity (Wildman–Crippen MR) is 169 cm³/mol. The van der Waals surface area contributed by atoms with Gasteiger partial charge < -0.3 is 5.32 Å². The Kier molecular flexibility index (Phi) is 8.26. The van der Waals surface area contributed by atoms with Gasteiger partial charge in [-0.15, -0.1) is 0 Å². The van der Waals surface area contributed by atoms with Crippen molar-refractivity contribution in [2.75, 3.05) is 0 Å². The summed E-state index contributed by atoms with van der Waals surface area (Å²) >= 11 is 0. The average molecular weight is 577 g/mol. The maximum atomic E-state index is 14.9. The molecule has 3 amide bonds. The highest BCUT2D eigenvalue weighted by atomic mass is 16.2. The first-order chi connectivity index (χ1) is 20.8. The van der Waals surface area contributed by atoms with E-state index in [0.717, 1.165) is 29.5 Å². The van der Waals surface area contributed by atoms with Crippen LogP contribution in [0.25, 0.3) is 0 Å². The lowest BCUT2D eigenvalue weighted by molar-refractivity contribution is -0.169. The van der Waals surface area contributed by atoms with E-state index in [1.54, 1.807) is 0 Å². The van der Waals surface area contributed by atoms with Crippen LogP contribution in [0.15, 0.2) is 91.0 Å². The third-order valence-corrected chi connectivity index (χ3v) is 10.6. The number of benzene rings is 3. The van der Waals surface area contributed by atoms with Crippen molar-refractivity contribution >= 4 is 17.7 Å². The first kappa shape index (κ1) is 29.3. The minimum absolute atomic E-state index is 0.00787. The maximum absolute atomic E-state index is 14.9. The molecule has 224 valence electrons. The van der Waals surface area contributed by atoms with Crippen LogP contribution in [0, 0.1) is 22.2 Å². The third-order valence-electron chi connectivity index (χ3n) is 10.6. The van der Waals surface area contributed by atoms with Crippen molar-refractivity contribution in [1.82, 2.24) is 10.6 Å². The van der Waals surface area contributed by atoms with Crippen molar-refractivity contribution in [2.24, 2.45) is 22.2 Å². The van der Waals surface area contributed by atoms with E-state index >= 15 is 0 Å². The van der Waals surface area contributed by atoms with E-state index < -0.39 is 16.2 Å². The number of imide groups is 1. The SMILES string of the molecule is C[C@@H](NC(=O)C1(Cc2ccccc2)CC2(Cc3ccccc3)CC(Cc3ccccc3)(C1)C(=O)NC2=O)C1CCCCC1. The lowest BCUT2D eigenvalue weighted by Gasteiger charge is -2.57. The molecule has 1 heterocycles. The van der Waals surface area contributed by atoms with Crippen molar-refractivity contribution in [1.29, 1.82) is 0 Å². The van der Waals surface area contributed by atoms with E-state index in [4.69, 9.17) is 0 Å². The Morgan fingerprint density at radius 1 is 0.698 bits per heavy atom. The van der Waals surface area contributed by atoms with E-state index in [1.807, 2.05) is 54.6 Å². The van der Waals surface area contributed by atoms with Crippen molar-refractivity contribution < 1.29 is 14.4 Å². The highest BCUT2D eigenvalue weighted by molar-refractivity contribution is 6.05. The molecule has 0 spiro atoms. The van der Waals surface area contributed by atoms with Gasteiger partial charge in [0, 0.05) is 6.04 Å². The van der Waals surface area contributed by atoms with Gasteiger partial charge in [-0.3, -0.25) is 19.7 Å². The summed E-state index contributed by atoms with van der Waals surface area (Å²) in [5, 5.41) is 6.31. The lowest BCUT2D eigenvalue weighted by Crippen LogP contribution is -2.67. The summed E-state index contributed by atoms with van der Waals surface area (Å²) in [7, 11) is 0. The average Bonchev–Trinajstić information content (AvgIpc) is 3.02. The molecular formula is C38H44N2O3. The van der Waals surface area contributed by atoms with Gasteiger partial charge in [0.2, 0.25) is 17.7 Å². The molecule has 5 heteroatoms. The second-order valence-corrected chi connectivity index (χ2v) is 13.8. The van der Waals surface area contributed by atoms with Gasteiger partial charge in [0.25, 0.3) is 0 Å². The molecule has 2 bridgehead atoms. The fourth-order valence-electron chi connectivity index (χ4n) is 8.67. The van der Waals surface area contributed by atoms with Gasteiger partial charge in [-0.25, -0.2) is 0 Å². The van der Waals surface area contributed by atoms with Gasteiger partial charge >= 0.3 is 0 Å². The highest BCUT2D eigenvalue weighted by Crippen LogP contribution is 2.60. The second-order valence-electron chi connectivity index (χ2n) is 13.8. The van der Waals surface area contributed by atoms with Gasteiger partial charge in [0.15, 0.2) is 0 Å². The largest absolute Gasteiger partial charge is 0.353 e. The van der Waals surface area contributed by atoms with Gasteiger partial charge in [0.05, 0.1) is 16.2 Å². The number of carbonyl (C=O) groups excluding carboxylic acids is 3. The zero-order chi connectivity index (χ0) is 29.9. The fraction of sp³-hybridized carbons (Fsp3) is 0.447. The highest BCUT2D eigenvalue weighted by Gasteiger charge is 2.65. The summed E-state index contributed by atoms with van der Waals surface area (Å²) in [6, 6.07) is 30.3. The van der Waals surface area contributed by atoms with Gasteiger partial charge in [-0.05, 0) is 80.9 Å². The predicted octanol–water partition coefficient (Wildman–Crippen LogP) is 6.60. The number of hydrogen-bond donors (Lipinski definition) is 2. The Morgan fingerprint density at radius 2 is 1.14 bits per heavy atom. The summed E-state index contributed by atoms with van der Waals surface area (Å²) < 4.78 is 0. The van der Waals surface area contributed by atoms with Crippen LogP contribution >= 0.6 is 0 Å². The van der Waals surface area contributed by atoms with E-state index in [1.165, 1.54) is 19.3 Å². The van der Waals surface area contributed by atoms with Crippen LogP contribution in [0.5, 0.6) is 0 Å². The number of amides is 3. The number of piperidine rings is 1. The molecule has 0 aromatic heterocycles. The quantitative estimate of drug-likeness (QED) is 0.282. The second kappa shape index (κ2) is 12.1. The number of nitrogens with one attached hydrogen (secondary N) is 2. The van der Waals surface area contributed by atoms with Crippen LogP contribution in [0.3, 0.4) is 0 Å². The maximum Gasteiger partial charge on any atom is 0.233 e. The summed E-state index contributed by atoms with van der Waals surface area (Å²) in [5.74, 6) is -0.0341. The molecule has 3 atom stereocenters. The van der Waals surface area contributed by atoms with Crippen molar-refractivity contribution in [3.05, 3.63) is 108 Å². The van der Waals surface area contributed by atoms with Gasteiger partial charge in [-0.2, -0.15) is 0 Å².